The Morgan fingerprint density at radius 1 is 1.42 bits per heavy atom. The summed E-state index contributed by atoms with van der Waals surface area (Å²) in [5.74, 6) is 0.982. The third-order valence-corrected chi connectivity index (χ3v) is 4.32. The molecule has 3 rings (SSSR count). The summed E-state index contributed by atoms with van der Waals surface area (Å²) in [7, 11) is 0. The molecule has 3 heterocycles. The first-order valence-corrected chi connectivity index (χ1v) is 7.06. The van der Waals surface area contributed by atoms with E-state index in [2.05, 4.69) is 27.9 Å². The summed E-state index contributed by atoms with van der Waals surface area (Å²) in [6.45, 7) is 5.88. The van der Waals surface area contributed by atoms with E-state index in [0.29, 0.717) is 5.56 Å². The Hall–Kier alpha value is -1.93. The lowest BCUT2D eigenvalue weighted by Gasteiger charge is -2.28. The van der Waals surface area contributed by atoms with Gasteiger partial charge in [-0.15, -0.1) is 11.3 Å². The molecule has 1 aliphatic rings. The molecule has 0 saturated heterocycles. The number of rotatable bonds is 1. The first kappa shape index (κ1) is 12.1. The Balaban J connectivity index is 1.91. The van der Waals surface area contributed by atoms with Gasteiger partial charge in [-0.1, -0.05) is 0 Å². The molecule has 0 saturated carbocycles. The average molecular weight is 270 g/mol. The number of pyridine rings is 1. The van der Waals surface area contributed by atoms with Gasteiger partial charge in [0, 0.05) is 24.0 Å². The molecule has 0 amide bonds. The van der Waals surface area contributed by atoms with E-state index in [1.165, 1.54) is 10.6 Å². The minimum Gasteiger partial charge on any atom is -0.351 e. The van der Waals surface area contributed by atoms with Crippen molar-refractivity contribution >= 4 is 17.2 Å². The maximum Gasteiger partial charge on any atom is 0.131 e. The van der Waals surface area contributed by atoms with Gasteiger partial charge in [-0.2, -0.15) is 5.26 Å². The standard InChI is InChI=1S/C14H14N4S/c1-9-5-11(6-15)7-16-14(9)18-4-3-12-13(8-18)19-10(2)17-12/h5,7H,3-4,8H2,1-2H3. The smallest absolute Gasteiger partial charge is 0.131 e. The van der Waals surface area contributed by atoms with Crippen LogP contribution in [0.15, 0.2) is 12.3 Å². The Morgan fingerprint density at radius 2 is 2.26 bits per heavy atom. The Kier molecular flexibility index (Phi) is 2.96. The number of aromatic nitrogens is 2. The predicted octanol–water partition coefficient (Wildman–Crippen LogP) is 2.59. The molecule has 0 aliphatic carbocycles. The molecular weight excluding hydrogens is 256 g/mol. The van der Waals surface area contributed by atoms with Crippen molar-refractivity contribution in [1.29, 1.82) is 5.26 Å². The normalized spacial score (nSPS) is 14.1. The van der Waals surface area contributed by atoms with Gasteiger partial charge in [0.1, 0.15) is 11.9 Å². The lowest BCUT2D eigenvalue weighted by Crippen LogP contribution is -2.31. The largest absolute Gasteiger partial charge is 0.351 e. The monoisotopic (exact) mass is 270 g/mol. The molecule has 2 aromatic rings. The predicted molar refractivity (Wildman–Crippen MR) is 75.3 cm³/mol. The van der Waals surface area contributed by atoms with Crippen LogP contribution in [0, 0.1) is 25.2 Å². The van der Waals surface area contributed by atoms with Crippen LogP contribution in [0.1, 0.15) is 26.7 Å². The van der Waals surface area contributed by atoms with Crippen LogP contribution < -0.4 is 4.90 Å². The Labute approximate surface area is 116 Å². The third kappa shape index (κ3) is 2.20. The molecule has 4 nitrogen and oxygen atoms in total. The number of thiazole rings is 1. The lowest BCUT2D eigenvalue weighted by atomic mass is 10.1. The zero-order valence-electron chi connectivity index (χ0n) is 11.0. The number of nitriles is 1. The van der Waals surface area contributed by atoms with Gasteiger partial charge in [0.2, 0.25) is 0 Å². The van der Waals surface area contributed by atoms with E-state index in [9.17, 15) is 0 Å². The molecule has 0 spiro atoms. The second-order valence-corrected chi connectivity index (χ2v) is 6.04. The number of nitrogens with zero attached hydrogens (tertiary/aromatic N) is 4. The number of hydrogen-bond acceptors (Lipinski definition) is 5. The first-order valence-electron chi connectivity index (χ1n) is 6.24. The van der Waals surface area contributed by atoms with Crippen molar-refractivity contribution in [1.82, 2.24) is 9.97 Å². The number of anilines is 1. The molecule has 96 valence electrons. The highest BCUT2D eigenvalue weighted by atomic mass is 32.1. The number of hydrogen-bond donors (Lipinski definition) is 0. The first-order chi connectivity index (χ1) is 9.17. The second kappa shape index (κ2) is 4.63. The summed E-state index contributed by atoms with van der Waals surface area (Å²) in [6.07, 6.45) is 2.62. The zero-order chi connectivity index (χ0) is 13.4. The van der Waals surface area contributed by atoms with Crippen LogP contribution in [0.4, 0.5) is 5.82 Å². The molecule has 1 aliphatic heterocycles. The summed E-state index contributed by atoms with van der Waals surface area (Å²) in [4.78, 5) is 12.6. The van der Waals surface area contributed by atoms with Gasteiger partial charge in [0.25, 0.3) is 0 Å². The number of aryl methyl sites for hydroxylation is 2. The van der Waals surface area contributed by atoms with Crippen LogP contribution in [0.3, 0.4) is 0 Å². The van der Waals surface area contributed by atoms with Crippen molar-refractivity contribution in [2.24, 2.45) is 0 Å². The van der Waals surface area contributed by atoms with Gasteiger partial charge < -0.3 is 4.90 Å². The highest BCUT2D eigenvalue weighted by Gasteiger charge is 2.21. The van der Waals surface area contributed by atoms with Gasteiger partial charge in [0.15, 0.2) is 0 Å². The molecule has 0 bridgehead atoms. The van der Waals surface area contributed by atoms with Crippen molar-refractivity contribution < 1.29 is 0 Å². The zero-order valence-corrected chi connectivity index (χ0v) is 11.8. The van der Waals surface area contributed by atoms with Crippen LogP contribution in [0.2, 0.25) is 0 Å². The molecule has 0 unspecified atom stereocenters. The highest BCUT2D eigenvalue weighted by molar-refractivity contribution is 7.11. The average Bonchev–Trinajstić information content (AvgIpc) is 2.77. The summed E-state index contributed by atoms with van der Waals surface area (Å²) >= 11 is 1.77. The van der Waals surface area contributed by atoms with E-state index >= 15 is 0 Å². The van der Waals surface area contributed by atoms with Crippen molar-refractivity contribution in [2.45, 2.75) is 26.8 Å². The van der Waals surface area contributed by atoms with Gasteiger partial charge in [-0.3, -0.25) is 0 Å². The molecule has 0 aromatic carbocycles. The summed E-state index contributed by atoms with van der Waals surface area (Å²) in [6, 6.07) is 4.03. The molecule has 0 atom stereocenters. The van der Waals surface area contributed by atoms with Gasteiger partial charge in [-0.25, -0.2) is 9.97 Å². The van der Waals surface area contributed by atoms with Crippen LogP contribution in [0.25, 0.3) is 0 Å². The van der Waals surface area contributed by atoms with Crippen molar-refractivity contribution in [3.05, 3.63) is 39.0 Å². The minimum absolute atomic E-state index is 0.618. The van der Waals surface area contributed by atoms with Gasteiger partial charge in [-0.05, 0) is 25.5 Å². The Bertz CT molecular complexity index is 669. The summed E-state index contributed by atoms with van der Waals surface area (Å²) in [5, 5.41) is 10.0. The molecular formula is C14H14N4S. The molecule has 0 fully saturated rings. The highest BCUT2D eigenvalue weighted by Crippen LogP contribution is 2.28. The maximum atomic E-state index is 8.89. The second-order valence-electron chi connectivity index (χ2n) is 4.75. The van der Waals surface area contributed by atoms with Crippen molar-refractivity contribution in [3.8, 4) is 6.07 Å². The molecule has 5 heteroatoms. The van der Waals surface area contributed by atoms with Gasteiger partial charge in [0.05, 0.1) is 22.8 Å². The summed E-state index contributed by atoms with van der Waals surface area (Å²) < 4.78 is 0. The van der Waals surface area contributed by atoms with E-state index in [1.807, 2.05) is 13.0 Å². The van der Waals surface area contributed by atoms with Crippen LogP contribution in [-0.2, 0) is 13.0 Å². The van der Waals surface area contributed by atoms with E-state index in [-0.39, 0.29) is 0 Å². The molecule has 0 N–H and O–H groups in total. The van der Waals surface area contributed by atoms with Crippen LogP contribution in [0.5, 0.6) is 0 Å². The van der Waals surface area contributed by atoms with E-state index < -0.39 is 0 Å². The fourth-order valence-electron chi connectivity index (χ4n) is 2.47. The SMILES string of the molecule is Cc1nc2c(s1)CN(c1ncc(C#N)cc1C)CC2. The number of fused-ring (bicyclic) bond motifs is 1. The van der Waals surface area contributed by atoms with E-state index in [4.69, 9.17) is 5.26 Å². The fraction of sp³-hybridized carbons (Fsp3) is 0.357. The third-order valence-electron chi connectivity index (χ3n) is 3.32. The van der Waals surface area contributed by atoms with Gasteiger partial charge >= 0.3 is 0 Å². The lowest BCUT2D eigenvalue weighted by molar-refractivity contribution is 0.715. The van der Waals surface area contributed by atoms with Crippen LogP contribution >= 0.6 is 11.3 Å². The fourth-order valence-corrected chi connectivity index (χ4v) is 3.46. The minimum atomic E-state index is 0.618. The molecule has 2 aromatic heterocycles. The quantitative estimate of drug-likeness (QED) is 0.799. The van der Waals surface area contributed by atoms with Crippen molar-refractivity contribution in [3.63, 3.8) is 0 Å². The van der Waals surface area contributed by atoms with E-state index in [1.54, 1.807) is 17.5 Å². The summed E-state index contributed by atoms with van der Waals surface area (Å²) in [5.41, 5.74) is 2.92. The molecule has 19 heavy (non-hydrogen) atoms. The Morgan fingerprint density at radius 3 is 3.00 bits per heavy atom. The maximum absolute atomic E-state index is 8.89. The molecule has 0 radical (unpaired) electrons. The van der Waals surface area contributed by atoms with Crippen molar-refractivity contribution in [2.75, 3.05) is 11.4 Å². The van der Waals surface area contributed by atoms with E-state index in [0.717, 1.165) is 35.9 Å². The topological polar surface area (TPSA) is 52.8 Å². The van der Waals surface area contributed by atoms with Crippen LogP contribution in [-0.4, -0.2) is 16.5 Å².